The fourth-order valence-corrected chi connectivity index (χ4v) is 22.7. The standard InChI is InChI=1S/C54H42FN.C34H21Br.C26H33BFNO2/c1-53-29-12-13-30-54(53,2)56(40-22-14-21-39(55)32-40)50-28-23-38(31-49(50)53)48-34-47(37-19-10-5-11-20-37)43-25-24-41-45(35-15-6-3-7-16-35)33-46(36-17-8-4-9-18-36)42-26-27-44(48)52(43)51(41)42;35-32-21-31(24-14-8-3-9-15-24)27-17-16-25-29(22-10-4-1-5-11-22)20-30(23-12-6-2-7-13-23)26-18-19-28(32)34(27)33(25)26;1-23(2)24(3,4)31-27(30-23)18-12-13-22-21(16-18)25(5)14-7-8-15-26(25,6)29(22)20-11-9-10-19(28)17-20/h3-11,14-28,31-34H,12-13,29-30H2,1-2H3;1-21H;9-13,16-17H,7-8,14-15H2,1-6H3. The Morgan fingerprint density at radius 2 is 0.574 bits per heavy atom. The molecule has 4 atom stereocenters. The van der Waals surface area contributed by atoms with Crippen molar-refractivity contribution < 1.29 is 18.1 Å². The van der Waals surface area contributed by atoms with Crippen LogP contribution in [0.3, 0.4) is 0 Å². The molecule has 0 N–H and O–H groups in total. The summed E-state index contributed by atoms with van der Waals surface area (Å²) in [6.45, 7) is 18.0. The van der Waals surface area contributed by atoms with E-state index in [1.807, 2.05) is 18.2 Å². The Balaban J connectivity index is 0.000000120. The molecule has 598 valence electrons. The lowest BCUT2D eigenvalue weighted by Crippen LogP contribution is -2.54. The van der Waals surface area contributed by atoms with E-state index in [0.717, 1.165) is 47.0 Å². The molecule has 3 fully saturated rings. The highest BCUT2D eigenvalue weighted by atomic mass is 79.9. The van der Waals surface area contributed by atoms with E-state index in [1.54, 1.807) is 18.2 Å². The van der Waals surface area contributed by atoms with Crippen LogP contribution in [0.25, 0.3) is 143 Å². The van der Waals surface area contributed by atoms with Crippen LogP contribution in [0.4, 0.5) is 31.5 Å². The second kappa shape index (κ2) is 29.7. The molecular formula is C114H96BBrF2N2O2. The van der Waals surface area contributed by atoms with Crippen molar-refractivity contribution in [2.24, 2.45) is 0 Å². The maximum Gasteiger partial charge on any atom is 0.494 e. The summed E-state index contributed by atoms with van der Waals surface area (Å²) in [5.41, 5.74) is 24.2. The molecule has 5 aliphatic rings. The van der Waals surface area contributed by atoms with Crippen molar-refractivity contribution in [1.29, 1.82) is 0 Å². The Bertz CT molecular complexity index is 6950. The van der Waals surface area contributed by atoms with Gasteiger partial charge >= 0.3 is 7.12 Å². The van der Waals surface area contributed by atoms with Crippen molar-refractivity contribution in [1.82, 2.24) is 0 Å². The molecule has 18 aromatic carbocycles. The smallest absolute Gasteiger partial charge is 0.399 e. The summed E-state index contributed by atoms with van der Waals surface area (Å²) in [4.78, 5) is 4.85. The Kier molecular flexibility index (Phi) is 18.8. The van der Waals surface area contributed by atoms with Gasteiger partial charge in [-0.1, -0.05) is 316 Å². The van der Waals surface area contributed by atoms with E-state index in [-0.39, 0.29) is 51.9 Å². The first kappa shape index (κ1) is 77.3. The molecule has 18 aromatic rings. The molecule has 0 bridgehead atoms. The highest BCUT2D eigenvalue weighted by Gasteiger charge is 2.60. The van der Waals surface area contributed by atoms with Crippen LogP contribution in [-0.4, -0.2) is 29.4 Å². The van der Waals surface area contributed by atoms with Gasteiger partial charge in [0.15, 0.2) is 0 Å². The van der Waals surface area contributed by atoms with E-state index >= 15 is 0 Å². The van der Waals surface area contributed by atoms with Crippen LogP contribution in [0.15, 0.2) is 344 Å². The molecule has 4 unspecified atom stereocenters. The Labute approximate surface area is 723 Å². The number of hydrogen-bond acceptors (Lipinski definition) is 4. The van der Waals surface area contributed by atoms with Crippen molar-refractivity contribution in [3.05, 3.63) is 367 Å². The van der Waals surface area contributed by atoms with E-state index < -0.39 is 0 Å². The van der Waals surface area contributed by atoms with Crippen LogP contribution in [0.1, 0.15) is 118 Å². The summed E-state index contributed by atoms with van der Waals surface area (Å²) in [7, 11) is -0.378. The van der Waals surface area contributed by atoms with E-state index in [9.17, 15) is 8.78 Å². The number of hydrogen-bond donors (Lipinski definition) is 0. The highest BCUT2D eigenvalue weighted by molar-refractivity contribution is 9.10. The van der Waals surface area contributed by atoms with Gasteiger partial charge in [0.25, 0.3) is 0 Å². The number of halogens is 3. The van der Waals surface area contributed by atoms with Crippen LogP contribution >= 0.6 is 15.9 Å². The molecule has 1 saturated heterocycles. The van der Waals surface area contributed by atoms with Gasteiger partial charge in [-0.2, -0.15) is 0 Å². The van der Waals surface area contributed by atoms with Crippen LogP contribution in [-0.2, 0) is 20.1 Å². The van der Waals surface area contributed by atoms with Gasteiger partial charge in [0, 0.05) is 38.1 Å². The van der Waals surface area contributed by atoms with E-state index in [1.165, 1.54) is 197 Å². The fourth-order valence-electron chi connectivity index (χ4n) is 22.1. The minimum absolute atomic E-state index is 0.0213. The molecule has 23 rings (SSSR count). The summed E-state index contributed by atoms with van der Waals surface area (Å²) in [6.07, 6.45) is 9.13. The lowest BCUT2D eigenvalue weighted by molar-refractivity contribution is 0.00578. The first-order valence-electron chi connectivity index (χ1n) is 43.5. The Hall–Kier alpha value is -12.0. The molecular weight excluding hydrogens is 1560 g/mol. The normalized spacial score (nSPS) is 20.0. The SMILES string of the molecule is Brc1cc(-c2ccccc2)c2ccc3c(-c4ccccc4)cc(-c4ccccc4)c4ccc1c2c43.CC1(C)OB(c2ccc3c(c2)C2(C)CCCCC2(C)N3c2cccc(F)c2)OC1(C)C.CC12CCCCC1(C)N(c1cccc(F)c1)c1ccc(-c3cc(-c4ccccc4)c4ccc5c(-c6ccccc6)cc(-c6ccccc6)c6ccc3c4c56)cc12. The average Bonchev–Trinajstić information content (AvgIpc) is 1.61. The van der Waals surface area contributed by atoms with Gasteiger partial charge in [-0.3, -0.25) is 0 Å². The van der Waals surface area contributed by atoms with Gasteiger partial charge in [0.1, 0.15) is 11.6 Å². The lowest BCUT2D eigenvalue weighted by Gasteiger charge is -2.50. The zero-order valence-corrected chi connectivity index (χ0v) is 72.0. The summed E-state index contributed by atoms with van der Waals surface area (Å²) in [5, 5.41) is 15.5. The zero-order valence-electron chi connectivity index (χ0n) is 70.4. The van der Waals surface area contributed by atoms with E-state index in [4.69, 9.17) is 9.31 Å². The van der Waals surface area contributed by atoms with Crippen LogP contribution in [0.5, 0.6) is 0 Å². The second-order valence-electron chi connectivity index (χ2n) is 36.5. The summed E-state index contributed by atoms with van der Waals surface area (Å²) in [6, 6.07) is 121. The van der Waals surface area contributed by atoms with Crippen molar-refractivity contribution in [2.45, 2.75) is 140 Å². The molecule has 3 aliphatic heterocycles. The topological polar surface area (TPSA) is 24.9 Å². The molecule has 2 saturated carbocycles. The van der Waals surface area contributed by atoms with Crippen LogP contribution in [0.2, 0.25) is 0 Å². The molecule has 122 heavy (non-hydrogen) atoms. The molecule has 8 heteroatoms. The predicted molar refractivity (Wildman–Crippen MR) is 514 cm³/mol. The van der Waals surface area contributed by atoms with Gasteiger partial charge in [-0.05, 0) is 305 Å². The summed E-state index contributed by atoms with van der Waals surface area (Å²) >= 11 is 3.92. The molecule has 0 aromatic heterocycles. The molecule has 4 nitrogen and oxygen atoms in total. The minimum atomic E-state index is -0.378. The van der Waals surface area contributed by atoms with E-state index in [2.05, 4.69) is 378 Å². The Morgan fingerprint density at radius 3 is 0.918 bits per heavy atom. The van der Waals surface area contributed by atoms with Crippen LogP contribution < -0.4 is 15.3 Å². The zero-order chi connectivity index (χ0) is 83.2. The number of fused-ring (bicyclic) bond motifs is 6. The van der Waals surface area contributed by atoms with Gasteiger partial charge in [0.2, 0.25) is 0 Å². The first-order chi connectivity index (χ1) is 59.2. The maximum atomic E-state index is 14.8. The number of rotatable bonds is 10. The van der Waals surface area contributed by atoms with Gasteiger partial charge in [0.05, 0.1) is 22.3 Å². The molecule has 0 amide bonds. The number of nitrogens with zero attached hydrogens (tertiary/aromatic N) is 2. The predicted octanol–water partition coefficient (Wildman–Crippen LogP) is 31.3. The number of benzene rings is 18. The second-order valence-corrected chi connectivity index (χ2v) is 37.4. The molecule has 3 heterocycles. The first-order valence-corrected chi connectivity index (χ1v) is 44.3. The van der Waals surface area contributed by atoms with Crippen LogP contribution in [0, 0.1) is 11.6 Å². The largest absolute Gasteiger partial charge is 0.494 e. The van der Waals surface area contributed by atoms with Crippen molar-refractivity contribution in [2.75, 3.05) is 9.80 Å². The third-order valence-electron chi connectivity index (χ3n) is 29.5. The maximum absolute atomic E-state index is 14.8. The van der Waals surface area contributed by atoms with E-state index in [0.29, 0.717) is 0 Å². The molecule has 2 aliphatic carbocycles. The van der Waals surface area contributed by atoms with Gasteiger partial charge < -0.3 is 19.1 Å². The molecule has 0 radical (unpaired) electrons. The highest BCUT2D eigenvalue weighted by Crippen LogP contribution is 2.64. The number of anilines is 4. The monoisotopic (exact) mass is 1650 g/mol. The van der Waals surface area contributed by atoms with Crippen molar-refractivity contribution >= 4 is 116 Å². The quantitative estimate of drug-likeness (QED) is 0.101. The summed E-state index contributed by atoms with van der Waals surface area (Å²) < 4.78 is 42.9. The fraction of sp³-hybridized carbons (Fsp3) is 0.193. The lowest BCUT2D eigenvalue weighted by atomic mass is 9.61. The average molecular weight is 1650 g/mol. The molecule has 0 spiro atoms. The summed E-state index contributed by atoms with van der Waals surface area (Å²) in [5.74, 6) is -0.387. The van der Waals surface area contributed by atoms with Gasteiger partial charge in [-0.25, -0.2) is 8.78 Å². The minimum Gasteiger partial charge on any atom is -0.399 e. The van der Waals surface area contributed by atoms with Crippen molar-refractivity contribution in [3.8, 4) is 77.9 Å². The Morgan fingerprint density at radius 1 is 0.279 bits per heavy atom. The third-order valence-corrected chi connectivity index (χ3v) is 30.1. The van der Waals surface area contributed by atoms with Gasteiger partial charge in [-0.15, -0.1) is 0 Å². The van der Waals surface area contributed by atoms with Crippen molar-refractivity contribution in [3.63, 3.8) is 0 Å². The third kappa shape index (κ3) is 12.3.